The molecule has 34 heavy (non-hydrogen) atoms. The molecule has 0 fully saturated rings. The van der Waals surface area contributed by atoms with Gasteiger partial charge in [-0.3, -0.25) is 0 Å². The van der Waals surface area contributed by atoms with Gasteiger partial charge in [0.2, 0.25) is 0 Å². The number of hydrogen-bond donors (Lipinski definition) is 0. The highest BCUT2D eigenvalue weighted by molar-refractivity contribution is 9.10. The third-order valence-electron chi connectivity index (χ3n) is 5.10. The zero-order valence-corrected chi connectivity index (χ0v) is 20.1. The van der Waals surface area contributed by atoms with E-state index in [9.17, 15) is 9.59 Å². The van der Waals surface area contributed by atoms with Gasteiger partial charge < -0.3 is 14.2 Å². The molecule has 172 valence electrons. The minimum atomic E-state index is -0.712. The number of aromatic nitrogens is 2. The molecule has 8 heteroatoms. The van der Waals surface area contributed by atoms with Gasteiger partial charge in [0.15, 0.2) is 5.69 Å². The van der Waals surface area contributed by atoms with Gasteiger partial charge in [0, 0.05) is 10.0 Å². The number of para-hydroxylation sites is 2. The van der Waals surface area contributed by atoms with E-state index in [0.29, 0.717) is 23.6 Å². The van der Waals surface area contributed by atoms with E-state index in [-0.39, 0.29) is 17.0 Å². The Bertz CT molecular complexity index is 1320. The Morgan fingerprint density at radius 1 is 0.853 bits per heavy atom. The summed E-state index contributed by atoms with van der Waals surface area (Å²) in [6.07, 6.45) is 0. The van der Waals surface area contributed by atoms with E-state index < -0.39 is 11.9 Å². The molecule has 0 spiro atoms. The molecule has 0 saturated heterocycles. The van der Waals surface area contributed by atoms with E-state index in [2.05, 4.69) is 21.0 Å². The molecule has 0 bridgehead atoms. The molecular weight excluding hydrogens is 500 g/mol. The number of rotatable bonds is 7. The monoisotopic (exact) mass is 520 g/mol. The number of carbonyl (C=O) groups excluding carboxylic acids is 2. The lowest BCUT2D eigenvalue weighted by molar-refractivity contribution is 0.0549. The van der Waals surface area contributed by atoms with Crippen molar-refractivity contribution in [2.45, 2.75) is 6.61 Å². The van der Waals surface area contributed by atoms with Crippen molar-refractivity contribution in [3.05, 3.63) is 100 Å². The number of hydrogen-bond acceptors (Lipinski definition) is 6. The lowest BCUT2D eigenvalue weighted by atomic mass is 10.0. The summed E-state index contributed by atoms with van der Waals surface area (Å²) < 4.78 is 18.5. The molecule has 0 aliphatic carbocycles. The Kier molecular flexibility index (Phi) is 7.08. The molecule has 0 aliphatic heterocycles. The number of esters is 2. The first kappa shape index (κ1) is 23.3. The maximum atomic E-state index is 12.9. The fourth-order valence-corrected chi connectivity index (χ4v) is 3.74. The van der Waals surface area contributed by atoms with Crippen LogP contribution in [0.5, 0.6) is 5.75 Å². The number of nitrogens with zero attached hydrogens (tertiary/aromatic N) is 2. The van der Waals surface area contributed by atoms with Crippen LogP contribution in [-0.4, -0.2) is 35.9 Å². The van der Waals surface area contributed by atoms with Crippen LogP contribution < -0.4 is 4.74 Å². The quantitative estimate of drug-likeness (QED) is 0.301. The molecule has 0 unspecified atom stereocenters. The maximum Gasteiger partial charge on any atom is 0.357 e. The molecule has 4 rings (SSSR count). The highest BCUT2D eigenvalue weighted by Gasteiger charge is 2.32. The van der Waals surface area contributed by atoms with Gasteiger partial charge in [0.05, 0.1) is 19.9 Å². The van der Waals surface area contributed by atoms with Gasteiger partial charge in [-0.05, 0) is 42.0 Å². The lowest BCUT2D eigenvalue weighted by Gasteiger charge is -2.11. The third kappa shape index (κ3) is 4.72. The number of benzene rings is 3. The van der Waals surface area contributed by atoms with Crippen molar-refractivity contribution in [1.82, 2.24) is 9.78 Å². The minimum Gasteiger partial charge on any atom is -0.488 e. The highest BCUT2D eigenvalue weighted by atomic mass is 79.9. The van der Waals surface area contributed by atoms with E-state index in [1.54, 1.807) is 24.3 Å². The number of methoxy groups -OCH3 is 2. The van der Waals surface area contributed by atoms with Crippen LogP contribution in [0.1, 0.15) is 26.4 Å². The molecule has 3 aromatic carbocycles. The van der Waals surface area contributed by atoms with Crippen molar-refractivity contribution in [3.63, 3.8) is 0 Å². The molecule has 1 aromatic heterocycles. The van der Waals surface area contributed by atoms with Crippen molar-refractivity contribution >= 4 is 27.9 Å². The number of carbonyl (C=O) groups is 2. The number of ether oxygens (including phenoxy) is 3. The van der Waals surface area contributed by atoms with Gasteiger partial charge in [-0.15, -0.1) is 0 Å². The summed E-state index contributed by atoms with van der Waals surface area (Å²) in [7, 11) is 2.50. The average molecular weight is 521 g/mol. The van der Waals surface area contributed by atoms with Gasteiger partial charge in [0.25, 0.3) is 0 Å². The normalized spacial score (nSPS) is 10.6. The molecule has 0 radical (unpaired) electrons. The standard InChI is InChI=1S/C26H21BrN2O5/c1-32-25(30)22-23(28-29(24(22)26(31)33-2)19-8-4-3-5-9-19)20-10-6-7-11-21(20)34-16-17-12-14-18(27)15-13-17/h3-15H,16H2,1-2H3. The first-order chi connectivity index (χ1) is 16.5. The highest BCUT2D eigenvalue weighted by Crippen LogP contribution is 2.35. The van der Waals surface area contributed by atoms with Crippen LogP contribution in [0, 0.1) is 0 Å². The molecule has 0 amide bonds. The Labute approximate surface area is 205 Å². The Morgan fingerprint density at radius 3 is 2.18 bits per heavy atom. The van der Waals surface area contributed by atoms with Crippen molar-refractivity contribution in [2.24, 2.45) is 0 Å². The zero-order valence-electron chi connectivity index (χ0n) is 18.5. The Hall–Kier alpha value is -3.91. The molecule has 0 atom stereocenters. The van der Waals surface area contributed by atoms with Crippen molar-refractivity contribution in [1.29, 1.82) is 0 Å². The van der Waals surface area contributed by atoms with Crippen molar-refractivity contribution < 1.29 is 23.8 Å². The minimum absolute atomic E-state index is 0.00195. The topological polar surface area (TPSA) is 79.7 Å². The Balaban J connectivity index is 1.86. The van der Waals surface area contributed by atoms with Gasteiger partial charge in [-0.2, -0.15) is 5.10 Å². The van der Waals surface area contributed by atoms with Gasteiger partial charge in [-0.1, -0.05) is 58.4 Å². The van der Waals surface area contributed by atoms with Crippen LogP contribution in [0.15, 0.2) is 83.3 Å². The summed E-state index contributed by atoms with van der Waals surface area (Å²) in [6.45, 7) is 0.307. The molecule has 0 N–H and O–H groups in total. The maximum absolute atomic E-state index is 12.9. The van der Waals surface area contributed by atoms with E-state index in [1.165, 1.54) is 18.9 Å². The number of halogens is 1. The molecule has 4 aromatic rings. The van der Waals surface area contributed by atoms with Gasteiger partial charge in [-0.25, -0.2) is 14.3 Å². The van der Waals surface area contributed by atoms with E-state index in [1.807, 2.05) is 54.6 Å². The second-order valence-electron chi connectivity index (χ2n) is 7.21. The first-order valence-corrected chi connectivity index (χ1v) is 11.1. The molecule has 0 saturated carbocycles. The van der Waals surface area contributed by atoms with Crippen molar-refractivity contribution in [3.8, 4) is 22.7 Å². The van der Waals surface area contributed by atoms with Crippen LogP contribution >= 0.6 is 15.9 Å². The van der Waals surface area contributed by atoms with Crippen LogP contribution in [0.25, 0.3) is 16.9 Å². The third-order valence-corrected chi connectivity index (χ3v) is 5.63. The fraction of sp³-hybridized carbons (Fsp3) is 0.115. The van der Waals surface area contributed by atoms with Crippen LogP contribution in [0.3, 0.4) is 0 Å². The van der Waals surface area contributed by atoms with E-state index in [0.717, 1.165) is 10.0 Å². The van der Waals surface area contributed by atoms with Crippen LogP contribution in [0.4, 0.5) is 0 Å². The largest absolute Gasteiger partial charge is 0.488 e. The van der Waals surface area contributed by atoms with Crippen LogP contribution in [0.2, 0.25) is 0 Å². The summed E-state index contributed by atoms with van der Waals surface area (Å²) in [5, 5.41) is 4.64. The predicted molar refractivity (Wildman–Crippen MR) is 130 cm³/mol. The zero-order chi connectivity index (χ0) is 24.1. The fourth-order valence-electron chi connectivity index (χ4n) is 3.47. The van der Waals surface area contributed by atoms with Gasteiger partial charge >= 0.3 is 11.9 Å². The summed E-state index contributed by atoms with van der Waals surface area (Å²) in [5.41, 5.74) is 2.32. The average Bonchev–Trinajstić information content (AvgIpc) is 3.28. The SMILES string of the molecule is COC(=O)c1c(-c2ccccc2OCc2ccc(Br)cc2)nn(-c2ccccc2)c1C(=O)OC. The predicted octanol–water partition coefficient (Wildman–Crippen LogP) is 5.45. The smallest absolute Gasteiger partial charge is 0.357 e. The first-order valence-electron chi connectivity index (χ1n) is 10.3. The molecule has 1 heterocycles. The summed E-state index contributed by atoms with van der Waals surface area (Å²) in [6, 6.07) is 24.0. The van der Waals surface area contributed by atoms with Crippen molar-refractivity contribution in [2.75, 3.05) is 14.2 Å². The molecule has 7 nitrogen and oxygen atoms in total. The summed E-state index contributed by atoms with van der Waals surface area (Å²) >= 11 is 3.42. The second-order valence-corrected chi connectivity index (χ2v) is 8.13. The van der Waals surface area contributed by atoms with Gasteiger partial charge in [0.1, 0.15) is 23.6 Å². The molecule has 0 aliphatic rings. The Morgan fingerprint density at radius 2 is 1.50 bits per heavy atom. The summed E-state index contributed by atoms with van der Waals surface area (Å²) in [4.78, 5) is 25.7. The lowest BCUT2D eigenvalue weighted by Crippen LogP contribution is -2.15. The van der Waals surface area contributed by atoms with Crippen LogP contribution in [-0.2, 0) is 16.1 Å². The second kappa shape index (κ2) is 10.4. The molecular formula is C26H21BrN2O5. The van der Waals surface area contributed by atoms with E-state index in [4.69, 9.17) is 14.2 Å². The summed E-state index contributed by atoms with van der Waals surface area (Å²) in [5.74, 6) is -0.916. The van der Waals surface area contributed by atoms with E-state index >= 15 is 0 Å².